The zero-order chi connectivity index (χ0) is 13.0. The van der Waals surface area contributed by atoms with Crippen LogP contribution >= 0.6 is 0 Å². The lowest BCUT2D eigenvalue weighted by Gasteiger charge is -2.33. The maximum Gasteiger partial charge on any atom is 0.129 e. The maximum absolute atomic E-state index is 13.8. The molecule has 0 aliphatic carbocycles. The van der Waals surface area contributed by atoms with Gasteiger partial charge in [-0.15, -0.1) is 0 Å². The van der Waals surface area contributed by atoms with E-state index in [1.54, 1.807) is 18.2 Å². The number of halogens is 1. The standard InChI is InChI=1S/C15H21FO2/c1-2-15(17,11-12-7-9-18-10-8-12)13-5-3-4-6-14(13)16/h3-6,12,17H,2,7-11H2,1H3. The molecule has 0 amide bonds. The largest absolute Gasteiger partial charge is 0.385 e. The third-order valence-electron chi connectivity index (χ3n) is 3.93. The van der Waals surface area contributed by atoms with E-state index in [2.05, 4.69) is 0 Å². The predicted molar refractivity (Wildman–Crippen MR) is 68.7 cm³/mol. The van der Waals surface area contributed by atoms with Crippen molar-refractivity contribution in [2.24, 2.45) is 5.92 Å². The van der Waals surface area contributed by atoms with Crippen LogP contribution in [-0.4, -0.2) is 18.3 Å². The first-order valence-electron chi connectivity index (χ1n) is 6.71. The molecule has 0 bridgehead atoms. The average Bonchev–Trinajstić information content (AvgIpc) is 2.40. The highest BCUT2D eigenvalue weighted by molar-refractivity contribution is 5.24. The van der Waals surface area contributed by atoms with Crippen molar-refractivity contribution in [2.75, 3.05) is 13.2 Å². The Hall–Kier alpha value is -0.930. The first kappa shape index (κ1) is 13.5. The van der Waals surface area contributed by atoms with Gasteiger partial charge in [-0.1, -0.05) is 25.1 Å². The number of aliphatic hydroxyl groups is 1. The monoisotopic (exact) mass is 252 g/mol. The minimum atomic E-state index is -1.05. The zero-order valence-electron chi connectivity index (χ0n) is 10.9. The molecule has 0 saturated carbocycles. The summed E-state index contributed by atoms with van der Waals surface area (Å²) in [5.41, 5.74) is -0.619. The van der Waals surface area contributed by atoms with Crippen LogP contribution in [0.4, 0.5) is 4.39 Å². The molecule has 0 aromatic heterocycles. The van der Waals surface area contributed by atoms with E-state index in [9.17, 15) is 9.50 Å². The summed E-state index contributed by atoms with van der Waals surface area (Å²) in [6, 6.07) is 6.55. The molecule has 1 heterocycles. The number of hydrogen-bond acceptors (Lipinski definition) is 2. The van der Waals surface area contributed by atoms with Crippen LogP contribution in [0, 0.1) is 11.7 Å². The third kappa shape index (κ3) is 2.90. The van der Waals surface area contributed by atoms with Crippen molar-refractivity contribution in [3.05, 3.63) is 35.6 Å². The highest BCUT2D eigenvalue weighted by atomic mass is 19.1. The molecule has 0 spiro atoms. The Morgan fingerprint density at radius 2 is 2.00 bits per heavy atom. The normalized spacial score (nSPS) is 20.6. The van der Waals surface area contributed by atoms with Gasteiger partial charge in [0.25, 0.3) is 0 Å². The molecule has 1 fully saturated rings. The van der Waals surface area contributed by atoms with E-state index in [4.69, 9.17) is 4.74 Å². The van der Waals surface area contributed by atoms with Crippen LogP contribution in [0.15, 0.2) is 24.3 Å². The average molecular weight is 252 g/mol. The molecule has 2 rings (SSSR count). The molecule has 1 N–H and O–H groups in total. The summed E-state index contributed by atoms with van der Waals surface area (Å²) in [5, 5.41) is 10.7. The second kappa shape index (κ2) is 5.81. The number of ether oxygens (including phenoxy) is 1. The second-order valence-electron chi connectivity index (χ2n) is 5.12. The number of hydrogen-bond donors (Lipinski definition) is 1. The van der Waals surface area contributed by atoms with E-state index in [0.29, 0.717) is 24.3 Å². The summed E-state index contributed by atoms with van der Waals surface area (Å²) >= 11 is 0. The summed E-state index contributed by atoms with van der Waals surface area (Å²) in [5.74, 6) is 0.109. The third-order valence-corrected chi connectivity index (χ3v) is 3.93. The van der Waals surface area contributed by atoms with Crippen molar-refractivity contribution < 1.29 is 14.2 Å². The highest BCUT2D eigenvalue weighted by Crippen LogP contribution is 2.36. The fraction of sp³-hybridized carbons (Fsp3) is 0.600. The lowest BCUT2D eigenvalue weighted by molar-refractivity contribution is -0.0207. The predicted octanol–water partition coefficient (Wildman–Crippen LogP) is 3.24. The molecule has 1 aromatic carbocycles. The van der Waals surface area contributed by atoms with Gasteiger partial charge in [-0.25, -0.2) is 4.39 Å². The molecule has 1 aliphatic heterocycles. The smallest absolute Gasteiger partial charge is 0.129 e. The lowest BCUT2D eigenvalue weighted by Crippen LogP contribution is -2.31. The van der Waals surface area contributed by atoms with E-state index in [-0.39, 0.29) is 5.82 Å². The van der Waals surface area contributed by atoms with E-state index in [0.717, 1.165) is 26.1 Å². The SMILES string of the molecule is CCC(O)(CC1CCOCC1)c1ccccc1F. The zero-order valence-corrected chi connectivity index (χ0v) is 10.9. The van der Waals surface area contributed by atoms with Crippen molar-refractivity contribution >= 4 is 0 Å². The van der Waals surface area contributed by atoms with Gasteiger partial charge in [0.05, 0.1) is 5.60 Å². The van der Waals surface area contributed by atoms with Crippen LogP contribution in [-0.2, 0) is 10.3 Å². The summed E-state index contributed by atoms with van der Waals surface area (Å²) in [6.45, 7) is 3.41. The van der Waals surface area contributed by atoms with Crippen molar-refractivity contribution in [1.29, 1.82) is 0 Å². The minimum absolute atomic E-state index is 0.311. The van der Waals surface area contributed by atoms with Crippen molar-refractivity contribution in [3.8, 4) is 0 Å². The van der Waals surface area contributed by atoms with Crippen LogP contribution in [0.5, 0.6) is 0 Å². The van der Waals surface area contributed by atoms with E-state index in [1.807, 2.05) is 6.92 Å². The van der Waals surface area contributed by atoms with Gasteiger partial charge in [-0.3, -0.25) is 0 Å². The van der Waals surface area contributed by atoms with Crippen LogP contribution in [0.2, 0.25) is 0 Å². The van der Waals surface area contributed by atoms with Crippen molar-refractivity contribution in [1.82, 2.24) is 0 Å². The Morgan fingerprint density at radius 1 is 1.33 bits per heavy atom. The van der Waals surface area contributed by atoms with E-state index < -0.39 is 5.60 Å². The summed E-state index contributed by atoms with van der Waals surface area (Å²) in [4.78, 5) is 0. The Kier molecular flexibility index (Phi) is 4.36. The van der Waals surface area contributed by atoms with Gasteiger partial charge in [0.15, 0.2) is 0 Å². The van der Waals surface area contributed by atoms with Gasteiger partial charge in [-0.2, -0.15) is 0 Å². The van der Waals surface area contributed by atoms with E-state index >= 15 is 0 Å². The van der Waals surface area contributed by atoms with Crippen LogP contribution < -0.4 is 0 Å². The van der Waals surface area contributed by atoms with Gasteiger partial charge in [0, 0.05) is 18.8 Å². The van der Waals surface area contributed by atoms with Gasteiger partial charge >= 0.3 is 0 Å². The number of benzene rings is 1. The summed E-state index contributed by atoms with van der Waals surface area (Å²) in [6.07, 6.45) is 3.06. The first-order chi connectivity index (χ1) is 8.65. The minimum Gasteiger partial charge on any atom is -0.385 e. The van der Waals surface area contributed by atoms with Gasteiger partial charge < -0.3 is 9.84 Å². The Labute approximate surface area is 108 Å². The molecule has 1 atom stereocenters. The molecule has 1 unspecified atom stereocenters. The van der Waals surface area contributed by atoms with Crippen LogP contribution in [0.1, 0.15) is 38.2 Å². The van der Waals surface area contributed by atoms with E-state index in [1.165, 1.54) is 6.07 Å². The molecule has 3 heteroatoms. The summed E-state index contributed by atoms with van der Waals surface area (Å²) in [7, 11) is 0. The van der Waals surface area contributed by atoms with Gasteiger partial charge in [-0.05, 0) is 37.7 Å². The summed E-state index contributed by atoms with van der Waals surface area (Å²) < 4.78 is 19.2. The number of rotatable bonds is 4. The maximum atomic E-state index is 13.8. The molecule has 1 saturated heterocycles. The van der Waals surface area contributed by atoms with Crippen molar-refractivity contribution in [3.63, 3.8) is 0 Å². The highest BCUT2D eigenvalue weighted by Gasteiger charge is 2.33. The molecule has 2 nitrogen and oxygen atoms in total. The second-order valence-corrected chi connectivity index (χ2v) is 5.12. The molecule has 1 aliphatic rings. The molecular weight excluding hydrogens is 231 g/mol. The molecule has 18 heavy (non-hydrogen) atoms. The molecular formula is C15H21FO2. The Balaban J connectivity index is 2.16. The molecule has 1 aromatic rings. The molecule has 0 radical (unpaired) electrons. The van der Waals surface area contributed by atoms with Crippen LogP contribution in [0.25, 0.3) is 0 Å². The topological polar surface area (TPSA) is 29.5 Å². The molecule has 100 valence electrons. The van der Waals surface area contributed by atoms with Gasteiger partial charge in [0.2, 0.25) is 0 Å². The van der Waals surface area contributed by atoms with Crippen LogP contribution in [0.3, 0.4) is 0 Å². The first-order valence-corrected chi connectivity index (χ1v) is 6.71. The fourth-order valence-electron chi connectivity index (χ4n) is 2.71. The quantitative estimate of drug-likeness (QED) is 0.891. The Morgan fingerprint density at radius 3 is 2.61 bits per heavy atom. The van der Waals surface area contributed by atoms with Crippen molar-refractivity contribution in [2.45, 2.75) is 38.2 Å². The fourth-order valence-corrected chi connectivity index (χ4v) is 2.71. The Bertz CT molecular complexity index is 388. The van der Waals surface area contributed by atoms with Gasteiger partial charge in [0.1, 0.15) is 5.82 Å². The lowest BCUT2D eigenvalue weighted by atomic mass is 9.80.